The molecule has 0 N–H and O–H groups in total. The highest BCUT2D eigenvalue weighted by atomic mass is 16.3. The standard InChI is InChI=1S/C13H11NO/c1-2-5-10(6-3-1)13-9-11-12(15-13)7-4-8-14-11/h1-5,7-10H,6H2. The Morgan fingerprint density at radius 2 is 2.33 bits per heavy atom. The summed E-state index contributed by atoms with van der Waals surface area (Å²) in [5, 5.41) is 0. The van der Waals surface area contributed by atoms with Gasteiger partial charge in [0.25, 0.3) is 0 Å². The third-order valence-electron chi connectivity index (χ3n) is 2.65. The van der Waals surface area contributed by atoms with Crippen LogP contribution >= 0.6 is 0 Å². The van der Waals surface area contributed by atoms with Gasteiger partial charge in [-0.1, -0.05) is 24.3 Å². The van der Waals surface area contributed by atoms with Gasteiger partial charge in [-0.05, 0) is 18.6 Å². The Labute approximate surface area is 87.9 Å². The van der Waals surface area contributed by atoms with E-state index in [2.05, 4.69) is 29.3 Å². The molecular formula is C13H11NO. The quantitative estimate of drug-likeness (QED) is 0.700. The molecule has 0 spiro atoms. The van der Waals surface area contributed by atoms with Crippen LogP contribution in [0.5, 0.6) is 0 Å². The number of nitrogens with zero attached hydrogens (tertiary/aromatic N) is 1. The van der Waals surface area contributed by atoms with Crippen molar-refractivity contribution in [3.8, 4) is 0 Å². The van der Waals surface area contributed by atoms with E-state index in [-0.39, 0.29) is 0 Å². The number of aromatic nitrogens is 1. The number of pyridine rings is 1. The maximum Gasteiger partial charge on any atom is 0.152 e. The lowest BCUT2D eigenvalue weighted by molar-refractivity contribution is 0.525. The molecule has 1 aliphatic carbocycles. The minimum atomic E-state index is 0.365. The number of rotatable bonds is 1. The van der Waals surface area contributed by atoms with E-state index in [9.17, 15) is 0 Å². The fourth-order valence-electron chi connectivity index (χ4n) is 1.86. The van der Waals surface area contributed by atoms with Crippen molar-refractivity contribution in [1.29, 1.82) is 0 Å². The summed E-state index contributed by atoms with van der Waals surface area (Å²) in [5.74, 6) is 1.37. The van der Waals surface area contributed by atoms with Crippen molar-refractivity contribution in [3.05, 3.63) is 54.5 Å². The first kappa shape index (κ1) is 8.48. The molecule has 0 bridgehead atoms. The van der Waals surface area contributed by atoms with E-state index in [0.717, 1.165) is 23.3 Å². The van der Waals surface area contributed by atoms with Gasteiger partial charge < -0.3 is 4.42 Å². The van der Waals surface area contributed by atoms with E-state index in [0.29, 0.717) is 5.92 Å². The number of fused-ring (bicyclic) bond motifs is 1. The van der Waals surface area contributed by atoms with Crippen LogP contribution in [0.4, 0.5) is 0 Å². The summed E-state index contributed by atoms with van der Waals surface area (Å²) in [6, 6.07) is 5.88. The van der Waals surface area contributed by atoms with Crippen LogP contribution in [0.25, 0.3) is 11.1 Å². The Hall–Kier alpha value is -1.83. The van der Waals surface area contributed by atoms with Crippen LogP contribution < -0.4 is 0 Å². The van der Waals surface area contributed by atoms with E-state index in [1.165, 1.54) is 0 Å². The summed E-state index contributed by atoms with van der Waals surface area (Å²) in [6.45, 7) is 0. The highest BCUT2D eigenvalue weighted by molar-refractivity contribution is 5.73. The Morgan fingerprint density at radius 1 is 1.33 bits per heavy atom. The van der Waals surface area contributed by atoms with Crippen LogP contribution in [0, 0.1) is 0 Å². The molecule has 0 saturated heterocycles. The molecule has 0 radical (unpaired) electrons. The lowest BCUT2D eigenvalue weighted by atomic mass is 9.98. The molecule has 2 aromatic rings. The smallest absolute Gasteiger partial charge is 0.152 e. The van der Waals surface area contributed by atoms with Gasteiger partial charge in [-0.2, -0.15) is 0 Å². The molecule has 0 aromatic carbocycles. The van der Waals surface area contributed by atoms with Crippen LogP contribution in [0.2, 0.25) is 0 Å². The number of furan rings is 1. The van der Waals surface area contributed by atoms with Crippen molar-refractivity contribution in [2.24, 2.45) is 0 Å². The zero-order chi connectivity index (χ0) is 10.1. The van der Waals surface area contributed by atoms with Gasteiger partial charge in [-0.25, -0.2) is 0 Å². The van der Waals surface area contributed by atoms with Gasteiger partial charge in [-0.15, -0.1) is 0 Å². The second-order valence-corrected chi connectivity index (χ2v) is 3.69. The number of hydrogen-bond acceptors (Lipinski definition) is 2. The Bertz CT molecular complexity index is 503. The van der Waals surface area contributed by atoms with Crippen LogP contribution in [0.3, 0.4) is 0 Å². The van der Waals surface area contributed by atoms with Gasteiger partial charge in [0.15, 0.2) is 5.58 Å². The molecule has 1 unspecified atom stereocenters. The summed E-state index contributed by atoms with van der Waals surface area (Å²) >= 11 is 0. The SMILES string of the molecule is C1=CCC(c2cc3ncccc3o2)C=C1. The van der Waals surface area contributed by atoms with Crippen molar-refractivity contribution < 1.29 is 4.42 Å². The van der Waals surface area contributed by atoms with E-state index in [1.54, 1.807) is 6.20 Å². The fourth-order valence-corrected chi connectivity index (χ4v) is 1.86. The molecule has 0 saturated carbocycles. The van der Waals surface area contributed by atoms with Crippen LogP contribution in [0.15, 0.2) is 53.1 Å². The van der Waals surface area contributed by atoms with Crippen molar-refractivity contribution in [1.82, 2.24) is 4.98 Å². The minimum absolute atomic E-state index is 0.365. The molecular weight excluding hydrogens is 186 g/mol. The monoisotopic (exact) mass is 197 g/mol. The van der Waals surface area contributed by atoms with E-state index >= 15 is 0 Å². The van der Waals surface area contributed by atoms with E-state index < -0.39 is 0 Å². The summed E-state index contributed by atoms with van der Waals surface area (Å²) in [7, 11) is 0. The molecule has 15 heavy (non-hydrogen) atoms. The van der Waals surface area contributed by atoms with E-state index in [1.807, 2.05) is 18.2 Å². The maximum atomic E-state index is 5.76. The highest BCUT2D eigenvalue weighted by Crippen LogP contribution is 2.28. The first-order valence-electron chi connectivity index (χ1n) is 5.11. The lowest BCUT2D eigenvalue weighted by Crippen LogP contribution is -1.93. The average molecular weight is 197 g/mol. The second kappa shape index (κ2) is 3.39. The highest BCUT2D eigenvalue weighted by Gasteiger charge is 2.13. The van der Waals surface area contributed by atoms with Crippen LogP contribution in [-0.4, -0.2) is 4.98 Å². The van der Waals surface area contributed by atoms with Crippen molar-refractivity contribution in [2.75, 3.05) is 0 Å². The Morgan fingerprint density at radius 3 is 3.13 bits per heavy atom. The molecule has 2 heteroatoms. The van der Waals surface area contributed by atoms with Crippen molar-refractivity contribution >= 4 is 11.1 Å². The summed E-state index contributed by atoms with van der Waals surface area (Å²) in [4.78, 5) is 4.26. The summed E-state index contributed by atoms with van der Waals surface area (Å²) in [5.41, 5.74) is 1.81. The summed E-state index contributed by atoms with van der Waals surface area (Å²) in [6.07, 6.45) is 11.3. The molecule has 0 amide bonds. The van der Waals surface area contributed by atoms with Gasteiger partial charge >= 0.3 is 0 Å². The van der Waals surface area contributed by atoms with E-state index in [4.69, 9.17) is 4.42 Å². The molecule has 74 valence electrons. The Balaban J connectivity index is 2.04. The number of allylic oxidation sites excluding steroid dienone is 4. The summed E-state index contributed by atoms with van der Waals surface area (Å²) < 4.78 is 5.76. The molecule has 0 fully saturated rings. The first-order chi connectivity index (χ1) is 7.43. The predicted molar refractivity (Wildman–Crippen MR) is 59.6 cm³/mol. The average Bonchev–Trinajstić information content (AvgIpc) is 2.74. The largest absolute Gasteiger partial charge is 0.459 e. The zero-order valence-electron chi connectivity index (χ0n) is 8.26. The minimum Gasteiger partial charge on any atom is -0.459 e. The molecule has 0 aliphatic heterocycles. The third kappa shape index (κ3) is 1.48. The zero-order valence-corrected chi connectivity index (χ0v) is 8.26. The Kier molecular flexibility index (Phi) is 1.91. The van der Waals surface area contributed by atoms with Crippen LogP contribution in [-0.2, 0) is 0 Å². The van der Waals surface area contributed by atoms with Crippen molar-refractivity contribution in [2.45, 2.75) is 12.3 Å². The normalized spacial score (nSPS) is 19.9. The third-order valence-corrected chi connectivity index (χ3v) is 2.65. The molecule has 2 aromatic heterocycles. The second-order valence-electron chi connectivity index (χ2n) is 3.69. The van der Waals surface area contributed by atoms with Crippen LogP contribution in [0.1, 0.15) is 18.1 Å². The molecule has 3 rings (SSSR count). The van der Waals surface area contributed by atoms with Gasteiger partial charge in [0, 0.05) is 18.2 Å². The number of hydrogen-bond donors (Lipinski definition) is 0. The van der Waals surface area contributed by atoms with Gasteiger partial charge in [0.05, 0.1) is 0 Å². The fraction of sp³-hybridized carbons (Fsp3) is 0.154. The molecule has 2 heterocycles. The molecule has 1 atom stereocenters. The molecule has 1 aliphatic rings. The van der Waals surface area contributed by atoms with Gasteiger partial charge in [-0.3, -0.25) is 4.98 Å². The maximum absolute atomic E-state index is 5.76. The van der Waals surface area contributed by atoms with Gasteiger partial charge in [0.1, 0.15) is 11.3 Å². The van der Waals surface area contributed by atoms with Crippen molar-refractivity contribution in [3.63, 3.8) is 0 Å². The predicted octanol–water partition coefficient (Wildman–Crippen LogP) is 3.43. The topological polar surface area (TPSA) is 26.0 Å². The molecule has 2 nitrogen and oxygen atoms in total. The lowest BCUT2D eigenvalue weighted by Gasteiger charge is -2.08. The van der Waals surface area contributed by atoms with Gasteiger partial charge in [0.2, 0.25) is 0 Å². The first-order valence-corrected chi connectivity index (χ1v) is 5.11.